The van der Waals surface area contributed by atoms with Crippen molar-refractivity contribution in [1.29, 1.82) is 5.26 Å². The zero-order chi connectivity index (χ0) is 15.4. The summed E-state index contributed by atoms with van der Waals surface area (Å²) in [6, 6.07) is 2.48. The number of rotatable bonds is 11. The van der Waals surface area contributed by atoms with Crippen molar-refractivity contribution in [3.05, 3.63) is 0 Å². The number of nitriles is 1. The summed E-state index contributed by atoms with van der Waals surface area (Å²) < 4.78 is 16.3. The van der Waals surface area contributed by atoms with Gasteiger partial charge in [-0.25, -0.2) is 0 Å². The van der Waals surface area contributed by atoms with Crippen LogP contribution in [0.25, 0.3) is 0 Å². The quantitative estimate of drug-likeness (QED) is 0.593. The molecule has 1 aliphatic rings. The third kappa shape index (κ3) is 7.23. The molecule has 0 aromatic carbocycles. The molecule has 5 heteroatoms. The standard InChI is InChI=1S/C16H30N2O3/c1-3-8-18-16(14-17)7-4-6-15(13-16)21-10-5-9-20-12-11-19-2/h15,18H,3-13H2,1-2H3. The summed E-state index contributed by atoms with van der Waals surface area (Å²) >= 11 is 0. The van der Waals surface area contributed by atoms with Crippen molar-refractivity contribution < 1.29 is 14.2 Å². The number of nitrogens with one attached hydrogen (secondary N) is 1. The van der Waals surface area contributed by atoms with Crippen LogP contribution >= 0.6 is 0 Å². The van der Waals surface area contributed by atoms with Crippen LogP contribution in [0.15, 0.2) is 0 Å². The van der Waals surface area contributed by atoms with Gasteiger partial charge in [0, 0.05) is 26.7 Å². The molecule has 21 heavy (non-hydrogen) atoms. The molecular formula is C16H30N2O3. The second kappa shape index (κ2) is 11.0. The van der Waals surface area contributed by atoms with Gasteiger partial charge in [-0.2, -0.15) is 5.26 Å². The Hall–Kier alpha value is -0.670. The molecule has 2 unspecified atom stereocenters. The molecule has 1 aliphatic carbocycles. The van der Waals surface area contributed by atoms with Crippen LogP contribution in [0.2, 0.25) is 0 Å². The maximum atomic E-state index is 9.48. The van der Waals surface area contributed by atoms with Crippen LogP contribution in [0, 0.1) is 11.3 Å². The molecule has 2 atom stereocenters. The first-order chi connectivity index (χ1) is 10.3. The first kappa shape index (κ1) is 18.4. The molecule has 0 heterocycles. The molecule has 0 aliphatic heterocycles. The van der Waals surface area contributed by atoms with Crippen molar-refractivity contribution in [1.82, 2.24) is 5.32 Å². The summed E-state index contributed by atoms with van der Waals surface area (Å²) in [7, 11) is 1.67. The summed E-state index contributed by atoms with van der Waals surface area (Å²) in [5, 5.41) is 12.9. The fourth-order valence-corrected chi connectivity index (χ4v) is 2.69. The lowest BCUT2D eigenvalue weighted by Gasteiger charge is -2.36. The molecule has 0 aromatic rings. The normalized spacial score (nSPS) is 25.7. The average molecular weight is 298 g/mol. The van der Waals surface area contributed by atoms with Gasteiger partial charge in [0.25, 0.3) is 0 Å². The molecule has 1 fully saturated rings. The van der Waals surface area contributed by atoms with Gasteiger partial charge in [-0.05, 0) is 38.6 Å². The highest BCUT2D eigenvalue weighted by Gasteiger charge is 2.36. The maximum absolute atomic E-state index is 9.48. The van der Waals surface area contributed by atoms with Crippen LogP contribution in [0.1, 0.15) is 45.4 Å². The zero-order valence-electron chi connectivity index (χ0n) is 13.5. The summed E-state index contributed by atoms with van der Waals surface area (Å²) in [6.45, 7) is 5.70. The molecule has 1 rings (SSSR count). The van der Waals surface area contributed by atoms with E-state index in [0.29, 0.717) is 26.4 Å². The number of hydrogen-bond acceptors (Lipinski definition) is 5. The lowest BCUT2D eigenvalue weighted by molar-refractivity contribution is -0.00514. The Balaban J connectivity index is 2.19. The van der Waals surface area contributed by atoms with E-state index in [1.165, 1.54) is 0 Å². The van der Waals surface area contributed by atoms with Gasteiger partial charge in [0.05, 0.1) is 25.4 Å². The van der Waals surface area contributed by atoms with Gasteiger partial charge in [-0.15, -0.1) is 0 Å². The van der Waals surface area contributed by atoms with E-state index in [1.54, 1.807) is 7.11 Å². The van der Waals surface area contributed by atoms with Crippen molar-refractivity contribution in [2.75, 3.05) is 40.1 Å². The average Bonchev–Trinajstić information content (AvgIpc) is 2.52. The van der Waals surface area contributed by atoms with Gasteiger partial charge in [0.1, 0.15) is 5.54 Å². The Morgan fingerprint density at radius 3 is 2.86 bits per heavy atom. The first-order valence-electron chi connectivity index (χ1n) is 8.11. The van der Waals surface area contributed by atoms with Crippen LogP contribution in [0.3, 0.4) is 0 Å². The highest BCUT2D eigenvalue weighted by molar-refractivity contribution is 5.10. The number of nitrogens with zero attached hydrogens (tertiary/aromatic N) is 1. The van der Waals surface area contributed by atoms with Crippen molar-refractivity contribution in [2.45, 2.75) is 57.1 Å². The van der Waals surface area contributed by atoms with Crippen molar-refractivity contribution in [3.8, 4) is 6.07 Å². The molecule has 0 bridgehead atoms. The summed E-state index contributed by atoms with van der Waals surface area (Å²) in [5.41, 5.74) is -0.381. The number of ether oxygens (including phenoxy) is 3. The van der Waals surface area contributed by atoms with Gasteiger partial charge in [0.15, 0.2) is 0 Å². The third-order valence-electron chi connectivity index (χ3n) is 3.85. The van der Waals surface area contributed by atoms with E-state index < -0.39 is 0 Å². The molecule has 1 N–H and O–H groups in total. The first-order valence-corrected chi connectivity index (χ1v) is 8.11. The Morgan fingerprint density at radius 2 is 2.14 bits per heavy atom. The van der Waals surface area contributed by atoms with Crippen LogP contribution in [0.5, 0.6) is 0 Å². The fourth-order valence-electron chi connectivity index (χ4n) is 2.69. The Bertz CT molecular complexity index is 306. The van der Waals surface area contributed by atoms with Gasteiger partial charge < -0.3 is 14.2 Å². The second-order valence-corrected chi connectivity index (χ2v) is 5.67. The Morgan fingerprint density at radius 1 is 1.29 bits per heavy atom. The molecule has 0 saturated heterocycles. The summed E-state index contributed by atoms with van der Waals surface area (Å²) in [4.78, 5) is 0. The van der Waals surface area contributed by atoms with Gasteiger partial charge >= 0.3 is 0 Å². The highest BCUT2D eigenvalue weighted by atomic mass is 16.5. The van der Waals surface area contributed by atoms with Gasteiger partial charge in [0.2, 0.25) is 0 Å². The van der Waals surface area contributed by atoms with E-state index in [4.69, 9.17) is 14.2 Å². The maximum Gasteiger partial charge on any atom is 0.109 e. The van der Waals surface area contributed by atoms with Gasteiger partial charge in [-0.3, -0.25) is 5.32 Å². The minimum atomic E-state index is -0.381. The van der Waals surface area contributed by atoms with E-state index in [2.05, 4.69) is 18.3 Å². The minimum Gasteiger partial charge on any atom is -0.382 e. The smallest absolute Gasteiger partial charge is 0.109 e. The third-order valence-corrected chi connectivity index (χ3v) is 3.85. The molecule has 0 radical (unpaired) electrons. The summed E-state index contributed by atoms with van der Waals surface area (Å²) in [5.74, 6) is 0. The van der Waals surface area contributed by atoms with E-state index in [-0.39, 0.29) is 11.6 Å². The van der Waals surface area contributed by atoms with E-state index in [9.17, 15) is 5.26 Å². The minimum absolute atomic E-state index is 0.196. The van der Waals surface area contributed by atoms with Crippen LogP contribution in [-0.4, -0.2) is 51.7 Å². The molecule has 5 nitrogen and oxygen atoms in total. The van der Waals surface area contributed by atoms with Crippen molar-refractivity contribution in [2.24, 2.45) is 0 Å². The number of methoxy groups -OCH3 is 1. The predicted molar refractivity (Wildman–Crippen MR) is 82.2 cm³/mol. The Labute approximate surface area is 128 Å². The van der Waals surface area contributed by atoms with E-state index in [1.807, 2.05) is 0 Å². The largest absolute Gasteiger partial charge is 0.382 e. The SMILES string of the molecule is CCCNC1(C#N)CCCC(OCCCOCCOC)C1. The molecule has 1 saturated carbocycles. The Kier molecular flexibility index (Phi) is 9.60. The molecule has 0 amide bonds. The lowest BCUT2D eigenvalue weighted by Crippen LogP contribution is -2.49. The number of hydrogen-bond donors (Lipinski definition) is 1. The summed E-state index contributed by atoms with van der Waals surface area (Å²) in [6.07, 6.45) is 5.98. The van der Waals surface area contributed by atoms with Crippen LogP contribution < -0.4 is 5.32 Å². The zero-order valence-corrected chi connectivity index (χ0v) is 13.5. The fraction of sp³-hybridized carbons (Fsp3) is 0.938. The molecular weight excluding hydrogens is 268 g/mol. The van der Waals surface area contributed by atoms with Crippen molar-refractivity contribution >= 4 is 0 Å². The lowest BCUT2D eigenvalue weighted by atomic mass is 9.81. The van der Waals surface area contributed by atoms with Gasteiger partial charge in [-0.1, -0.05) is 6.92 Å². The van der Waals surface area contributed by atoms with Crippen LogP contribution in [-0.2, 0) is 14.2 Å². The van der Waals surface area contributed by atoms with Crippen molar-refractivity contribution in [3.63, 3.8) is 0 Å². The molecule has 0 aromatic heterocycles. The topological polar surface area (TPSA) is 63.5 Å². The molecule has 122 valence electrons. The predicted octanol–water partition coefficient (Wildman–Crippen LogP) is 2.26. The monoisotopic (exact) mass is 298 g/mol. The van der Waals surface area contributed by atoms with E-state index in [0.717, 1.165) is 45.1 Å². The van der Waals surface area contributed by atoms with E-state index >= 15 is 0 Å². The molecule has 0 spiro atoms. The van der Waals surface area contributed by atoms with Crippen LogP contribution in [0.4, 0.5) is 0 Å². The second-order valence-electron chi connectivity index (χ2n) is 5.67. The highest BCUT2D eigenvalue weighted by Crippen LogP contribution is 2.29.